The molecule has 5 heteroatoms. The predicted octanol–water partition coefficient (Wildman–Crippen LogP) is 0.966. The van der Waals surface area contributed by atoms with E-state index in [1.807, 2.05) is 25.2 Å². The van der Waals surface area contributed by atoms with Crippen LogP contribution >= 0.6 is 0 Å². The van der Waals surface area contributed by atoms with E-state index < -0.39 is 5.69 Å². The van der Waals surface area contributed by atoms with Crippen LogP contribution in [0.3, 0.4) is 0 Å². The molecule has 0 spiro atoms. The Morgan fingerprint density at radius 3 is 2.60 bits per heavy atom. The molecule has 0 amide bonds. The zero-order valence-electron chi connectivity index (χ0n) is 11.6. The van der Waals surface area contributed by atoms with E-state index >= 15 is 0 Å². The van der Waals surface area contributed by atoms with E-state index in [-0.39, 0.29) is 11.1 Å². The van der Waals surface area contributed by atoms with Crippen LogP contribution in [0.15, 0.2) is 39.9 Å². The number of benzene rings is 1. The molecule has 0 saturated carbocycles. The number of aromatic amines is 2. The fourth-order valence-corrected chi connectivity index (χ4v) is 2.94. The van der Waals surface area contributed by atoms with Crippen LogP contribution < -0.4 is 11.2 Å². The molecule has 20 heavy (non-hydrogen) atoms. The van der Waals surface area contributed by atoms with Crippen molar-refractivity contribution in [1.29, 1.82) is 0 Å². The summed E-state index contributed by atoms with van der Waals surface area (Å²) in [7, 11) is 1.97. The average Bonchev–Trinajstić information content (AvgIpc) is 2.65. The smallest absolute Gasteiger partial charge is 0.309 e. The van der Waals surface area contributed by atoms with Crippen molar-refractivity contribution in [3.05, 3.63) is 68.0 Å². The predicted molar refractivity (Wildman–Crippen MR) is 76.6 cm³/mol. The second kappa shape index (κ2) is 4.45. The molecule has 0 aliphatic carbocycles. The van der Waals surface area contributed by atoms with Gasteiger partial charge in [0.05, 0.1) is 11.1 Å². The van der Waals surface area contributed by atoms with Crippen LogP contribution in [0.2, 0.25) is 0 Å². The molecule has 1 atom stereocenters. The number of likely N-dealkylation sites (N-methyl/N-ethyl adjacent to an activating group) is 1. The summed E-state index contributed by atoms with van der Waals surface area (Å²) in [5.41, 5.74) is 1.47. The van der Waals surface area contributed by atoms with Crippen LogP contribution in [0.1, 0.15) is 23.7 Å². The monoisotopic (exact) mass is 271 g/mol. The van der Waals surface area contributed by atoms with Gasteiger partial charge < -0.3 is 4.98 Å². The van der Waals surface area contributed by atoms with Crippen molar-refractivity contribution in [1.82, 2.24) is 14.9 Å². The molecule has 3 rings (SSSR count). The first kappa shape index (κ1) is 12.9. The molecule has 1 aromatic heterocycles. The third kappa shape index (κ3) is 1.91. The molecule has 2 N–H and O–H groups in total. The molecule has 0 bridgehead atoms. The first-order valence-corrected chi connectivity index (χ1v) is 6.62. The van der Waals surface area contributed by atoms with Crippen molar-refractivity contribution in [3.8, 4) is 0 Å². The van der Waals surface area contributed by atoms with Crippen molar-refractivity contribution in [2.24, 2.45) is 0 Å². The zero-order valence-corrected chi connectivity index (χ0v) is 11.6. The molecule has 2 aromatic rings. The van der Waals surface area contributed by atoms with E-state index in [1.54, 1.807) is 0 Å². The summed E-state index contributed by atoms with van der Waals surface area (Å²) in [6.45, 7) is 2.60. The second-order valence-electron chi connectivity index (χ2n) is 5.55. The number of rotatable bonds is 2. The SMILES string of the molecule is CN1Cc2c([nH]c(=O)[nH]c2=O)C1(C)Cc1ccccc1. The zero-order chi connectivity index (χ0) is 14.3. The van der Waals surface area contributed by atoms with E-state index in [4.69, 9.17) is 0 Å². The first-order chi connectivity index (χ1) is 9.50. The van der Waals surface area contributed by atoms with E-state index in [1.165, 1.54) is 5.56 Å². The van der Waals surface area contributed by atoms with Crippen LogP contribution in [0, 0.1) is 0 Å². The minimum absolute atomic E-state index is 0.285. The largest absolute Gasteiger partial charge is 0.325 e. The topological polar surface area (TPSA) is 69.0 Å². The highest BCUT2D eigenvalue weighted by Crippen LogP contribution is 2.37. The molecule has 2 heterocycles. The number of hydrogen-bond donors (Lipinski definition) is 2. The lowest BCUT2D eigenvalue weighted by atomic mass is 9.89. The fraction of sp³-hybridized carbons (Fsp3) is 0.333. The van der Waals surface area contributed by atoms with E-state index in [0.29, 0.717) is 12.1 Å². The molecule has 1 aliphatic heterocycles. The fourth-order valence-electron chi connectivity index (χ4n) is 2.94. The second-order valence-corrected chi connectivity index (χ2v) is 5.55. The Morgan fingerprint density at radius 2 is 1.90 bits per heavy atom. The number of H-pyrrole nitrogens is 2. The third-order valence-corrected chi connectivity index (χ3v) is 4.21. The standard InChI is InChI=1S/C15H17N3O2/c1-15(8-10-6-4-3-5-7-10)12-11(9-18(15)2)13(19)17-14(20)16-12/h3-7H,8-9H2,1-2H3,(H2,16,17,19,20). The maximum atomic E-state index is 11.9. The lowest BCUT2D eigenvalue weighted by molar-refractivity contribution is 0.153. The van der Waals surface area contributed by atoms with Gasteiger partial charge in [-0.3, -0.25) is 14.7 Å². The maximum absolute atomic E-state index is 11.9. The Morgan fingerprint density at radius 1 is 1.20 bits per heavy atom. The summed E-state index contributed by atoms with van der Waals surface area (Å²) in [6.07, 6.45) is 0.747. The van der Waals surface area contributed by atoms with Gasteiger partial charge in [-0.15, -0.1) is 0 Å². The van der Waals surface area contributed by atoms with Crippen molar-refractivity contribution < 1.29 is 0 Å². The van der Waals surface area contributed by atoms with E-state index in [9.17, 15) is 9.59 Å². The Hall–Kier alpha value is -2.14. The van der Waals surface area contributed by atoms with E-state index in [0.717, 1.165) is 12.1 Å². The number of hydrogen-bond acceptors (Lipinski definition) is 3. The first-order valence-electron chi connectivity index (χ1n) is 6.62. The average molecular weight is 271 g/mol. The van der Waals surface area contributed by atoms with Crippen molar-refractivity contribution in [3.63, 3.8) is 0 Å². The van der Waals surface area contributed by atoms with Crippen molar-refractivity contribution in [2.75, 3.05) is 7.05 Å². The van der Waals surface area contributed by atoms with Gasteiger partial charge >= 0.3 is 5.69 Å². The van der Waals surface area contributed by atoms with Gasteiger partial charge in [0.2, 0.25) is 0 Å². The van der Waals surface area contributed by atoms with Gasteiger partial charge in [0.15, 0.2) is 0 Å². The van der Waals surface area contributed by atoms with Crippen molar-refractivity contribution >= 4 is 0 Å². The van der Waals surface area contributed by atoms with Gasteiger partial charge in [0.1, 0.15) is 0 Å². The molecule has 0 saturated heterocycles. The number of aromatic nitrogens is 2. The minimum Gasteiger partial charge on any atom is -0.309 e. The highest BCUT2D eigenvalue weighted by Gasteiger charge is 2.41. The van der Waals surface area contributed by atoms with Gasteiger partial charge in [0.25, 0.3) is 5.56 Å². The molecule has 1 unspecified atom stereocenters. The quantitative estimate of drug-likeness (QED) is 0.855. The minimum atomic E-state index is -0.441. The Kier molecular flexibility index (Phi) is 2.87. The highest BCUT2D eigenvalue weighted by atomic mass is 16.2. The summed E-state index contributed by atoms with van der Waals surface area (Å²) in [5, 5.41) is 0. The van der Waals surface area contributed by atoms with Gasteiger partial charge in [-0.1, -0.05) is 30.3 Å². The lowest BCUT2D eigenvalue weighted by Crippen LogP contribution is -2.39. The highest BCUT2D eigenvalue weighted by molar-refractivity contribution is 5.32. The van der Waals surface area contributed by atoms with Crippen LogP contribution in [0.25, 0.3) is 0 Å². The van der Waals surface area contributed by atoms with Crippen LogP contribution in [-0.2, 0) is 18.5 Å². The van der Waals surface area contributed by atoms with Gasteiger partial charge in [0, 0.05) is 12.2 Å². The summed E-state index contributed by atoms with van der Waals surface area (Å²) < 4.78 is 0. The summed E-state index contributed by atoms with van der Waals surface area (Å²) >= 11 is 0. The van der Waals surface area contributed by atoms with Crippen LogP contribution in [0.4, 0.5) is 0 Å². The Balaban J connectivity index is 2.11. The molecule has 104 valence electrons. The molecule has 0 fully saturated rings. The Bertz CT molecular complexity index is 748. The molecular weight excluding hydrogens is 254 g/mol. The normalized spacial score (nSPS) is 21.9. The van der Waals surface area contributed by atoms with Gasteiger partial charge in [-0.25, -0.2) is 4.79 Å². The van der Waals surface area contributed by atoms with Gasteiger partial charge in [-0.05, 0) is 26.0 Å². The van der Waals surface area contributed by atoms with E-state index in [2.05, 4.69) is 33.9 Å². The Labute approximate surface area is 116 Å². The molecule has 1 aliphatic rings. The number of nitrogens with zero attached hydrogens (tertiary/aromatic N) is 1. The third-order valence-electron chi connectivity index (χ3n) is 4.21. The van der Waals surface area contributed by atoms with Gasteiger partial charge in [-0.2, -0.15) is 0 Å². The molecule has 1 aromatic carbocycles. The lowest BCUT2D eigenvalue weighted by Gasteiger charge is -2.32. The van der Waals surface area contributed by atoms with Crippen LogP contribution in [0.5, 0.6) is 0 Å². The maximum Gasteiger partial charge on any atom is 0.325 e. The molecule has 5 nitrogen and oxygen atoms in total. The summed E-state index contributed by atoms with van der Waals surface area (Å²) in [6, 6.07) is 10.1. The molecular formula is C15H17N3O2. The number of fused-ring (bicyclic) bond motifs is 1. The van der Waals surface area contributed by atoms with Crippen LogP contribution in [-0.4, -0.2) is 21.9 Å². The summed E-state index contributed by atoms with van der Waals surface area (Å²) in [4.78, 5) is 30.7. The summed E-state index contributed by atoms with van der Waals surface area (Å²) in [5.74, 6) is 0. The number of nitrogens with one attached hydrogen (secondary N) is 2. The van der Waals surface area contributed by atoms with Crippen molar-refractivity contribution in [2.45, 2.75) is 25.4 Å². The molecule has 0 radical (unpaired) electrons.